The van der Waals surface area contributed by atoms with Crippen molar-refractivity contribution in [3.8, 4) is 11.5 Å². The highest BCUT2D eigenvalue weighted by atomic mass is 16.5. The van der Waals surface area contributed by atoms with Gasteiger partial charge in [-0.3, -0.25) is 4.79 Å². The van der Waals surface area contributed by atoms with Crippen LogP contribution in [-0.2, 0) is 4.79 Å². The summed E-state index contributed by atoms with van der Waals surface area (Å²) in [4.78, 5) is 20.0. The Labute approximate surface area is 145 Å². The van der Waals surface area contributed by atoms with Gasteiger partial charge in [0, 0.05) is 17.4 Å². The third-order valence-corrected chi connectivity index (χ3v) is 4.67. The number of benzene rings is 2. The lowest BCUT2D eigenvalue weighted by atomic mass is 10.1. The molecule has 1 amide bonds. The molecule has 128 valence electrons. The fourth-order valence-corrected chi connectivity index (χ4v) is 3.25. The van der Waals surface area contributed by atoms with Crippen molar-refractivity contribution in [1.29, 1.82) is 0 Å². The second-order valence-electron chi connectivity index (χ2n) is 6.15. The minimum Gasteiger partial charge on any atom is -0.497 e. The zero-order valence-electron chi connectivity index (χ0n) is 14.1. The number of methoxy groups -OCH3 is 2. The molecule has 0 spiro atoms. The van der Waals surface area contributed by atoms with Crippen LogP contribution in [0.1, 0.15) is 17.9 Å². The number of imidazole rings is 1. The molecule has 6 heteroatoms. The van der Waals surface area contributed by atoms with E-state index in [9.17, 15) is 4.79 Å². The summed E-state index contributed by atoms with van der Waals surface area (Å²) in [5, 5.41) is 3.01. The van der Waals surface area contributed by atoms with Gasteiger partial charge in [0.25, 0.3) is 0 Å². The first kappa shape index (κ1) is 15.5. The van der Waals surface area contributed by atoms with Gasteiger partial charge in [0.2, 0.25) is 5.91 Å². The fraction of sp³-hybridized carbons (Fsp3) is 0.263. The first-order chi connectivity index (χ1) is 12.2. The lowest BCUT2D eigenvalue weighted by Crippen LogP contribution is -2.15. The molecule has 4 rings (SSSR count). The number of carbonyl (C=O) groups is 1. The lowest BCUT2D eigenvalue weighted by Gasteiger charge is -2.10. The maximum Gasteiger partial charge on any atom is 0.228 e. The molecule has 0 saturated heterocycles. The summed E-state index contributed by atoms with van der Waals surface area (Å²) in [6, 6.07) is 11.4. The van der Waals surface area contributed by atoms with E-state index in [4.69, 9.17) is 9.47 Å². The van der Waals surface area contributed by atoms with Gasteiger partial charge in [0.15, 0.2) is 0 Å². The van der Waals surface area contributed by atoms with E-state index >= 15 is 0 Å². The summed E-state index contributed by atoms with van der Waals surface area (Å²) in [6.45, 7) is 0. The number of hydrogen-bond acceptors (Lipinski definition) is 4. The zero-order chi connectivity index (χ0) is 17.4. The number of carbonyl (C=O) groups excluding carboxylic acids is 1. The minimum absolute atomic E-state index is 0.00497. The van der Waals surface area contributed by atoms with Gasteiger partial charge in [-0.25, -0.2) is 4.98 Å². The smallest absolute Gasteiger partial charge is 0.228 e. The maximum atomic E-state index is 12.7. The van der Waals surface area contributed by atoms with Crippen molar-refractivity contribution in [3.63, 3.8) is 0 Å². The van der Waals surface area contributed by atoms with E-state index in [0.29, 0.717) is 0 Å². The molecule has 2 aromatic carbocycles. The number of nitrogens with one attached hydrogen (secondary N) is 2. The number of aromatic nitrogens is 2. The number of anilines is 1. The zero-order valence-corrected chi connectivity index (χ0v) is 14.1. The Bertz CT molecular complexity index is 935. The van der Waals surface area contributed by atoms with E-state index in [2.05, 4.69) is 15.3 Å². The molecule has 0 bridgehead atoms. The highest BCUT2D eigenvalue weighted by molar-refractivity contribution is 6.01. The molecule has 2 atom stereocenters. The van der Waals surface area contributed by atoms with Gasteiger partial charge in [-0.15, -0.1) is 0 Å². The molecule has 1 aliphatic carbocycles. The quantitative estimate of drug-likeness (QED) is 0.749. The van der Waals surface area contributed by atoms with E-state index in [1.165, 1.54) is 0 Å². The molecule has 0 radical (unpaired) electrons. The van der Waals surface area contributed by atoms with Crippen LogP contribution in [0.25, 0.3) is 11.0 Å². The number of fused-ring (bicyclic) bond motifs is 1. The van der Waals surface area contributed by atoms with Crippen LogP contribution in [0.15, 0.2) is 42.7 Å². The van der Waals surface area contributed by atoms with E-state index in [1.807, 2.05) is 36.4 Å². The van der Waals surface area contributed by atoms with Crippen LogP contribution in [-0.4, -0.2) is 30.1 Å². The van der Waals surface area contributed by atoms with Gasteiger partial charge in [-0.05, 0) is 36.8 Å². The standard InChI is InChI=1S/C19H19N3O3/c1-24-11-6-7-17(25-2)13(8-11)12-9-14(12)19(23)22-16-5-3-4-15-18(16)21-10-20-15/h3-8,10,12,14H,9H2,1-2H3,(H,20,21)(H,22,23)/t12-,14-/m1/s1. The fourth-order valence-electron chi connectivity index (χ4n) is 3.25. The van der Waals surface area contributed by atoms with Crippen LogP contribution in [0.2, 0.25) is 0 Å². The highest BCUT2D eigenvalue weighted by Gasteiger charge is 2.45. The van der Waals surface area contributed by atoms with Gasteiger partial charge < -0.3 is 19.8 Å². The number of hydrogen-bond donors (Lipinski definition) is 2. The summed E-state index contributed by atoms with van der Waals surface area (Å²) in [5.74, 6) is 1.63. The molecular weight excluding hydrogens is 318 g/mol. The number of H-pyrrole nitrogens is 1. The topological polar surface area (TPSA) is 76.2 Å². The van der Waals surface area contributed by atoms with Gasteiger partial charge >= 0.3 is 0 Å². The van der Waals surface area contributed by atoms with Crippen molar-refractivity contribution in [3.05, 3.63) is 48.3 Å². The van der Waals surface area contributed by atoms with Crippen LogP contribution in [0.4, 0.5) is 5.69 Å². The van der Waals surface area contributed by atoms with Crippen LogP contribution >= 0.6 is 0 Å². The Hall–Kier alpha value is -3.02. The van der Waals surface area contributed by atoms with Gasteiger partial charge in [0.05, 0.1) is 31.8 Å². The highest BCUT2D eigenvalue weighted by Crippen LogP contribution is 2.51. The van der Waals surface area contributed by atoms with Crippen molar-refractivity contribution in [2.45, 2.75) is 12.3 Å². The Morgan fingerprint density at radius 3 is 2.92 bits per heavy atom. The predicted octanol–water partition coefficient (Wildman–Crippen LogP) is 3.32. The number of ether oxygens (including phenoxy) is 2. The average molecular weight is 337 g/mol. The lowest BCUT2D eigenvalue weighted by molar-refractivity contribution is -0.117. The molecule has 1 saturated carbocycles. The molecule has 1 heterocycles. The molecule has 25 heavy (non-hydrogen) atoms. The summed E-state index contributed by atoms with van der Waals surface area (Å²) < 4.78 is 10.7. The number of rotatable bonds is 5. The van der Waals surface area contributed by atoms with Gasteiger partial charge in [-0.1, -0.05) is 6.07 Å². The van der Waals surface area contributed by atoms with Gasteiger partial charge in [-0.2, -0.15) is 0 Å². The molecule has 3 aromatic rings. The number of aromatic amines is 1. The Balaban J connectivity index is 1.53. The molecule has 0 unspecified atom stereocenters. The van der Waals surface area contributed by atoms with Crippen molar-refractivity contribution in [2.75, 3.05) is 19.5 Å². The third kappa shape index (κ3) is 2.80. The Morgan fingerprint density at radius 1 is 1.24 bits per heavy atom. The number of nitrogens with zero attached hydrogens (tertiary/aromatic N) is 1. The first-order valence-corrected chi connectivity index (χ1v) is 8.16. The van der Waals surface area contributed by atoms with Crippen molar-refractivity contribution < 1.29 is 14.3 Å². The number of para-hydroxylation sites is 1. The van der Waals surface area contributed by atoms with Crippen LogP contribution in [0, 0.1) is 5.92 Å². The molecule has 1 fully saturated rings. The summed E-state index contributed by atoms with van der Waals surface area (Å²) in [6.07, 6.45) is 2.42. The van der Waals surface area contributed by atoms with Gasteiger partial charge in [0.1, 0.15) is 17.0 Å². The molecule has 6 nitrogen and oxygen atoms in total. The molecule has 1 aromatic heterocycles. The van der Waals surface area contributed by atoms with Crippen LogP contribution in [0.3, 0.4) is 0 Å². The second-order valence-corrected chi connectivity index (χ2v) is 6.15. The average Bonchev–Trinajstić information content (AvgIpc) is 3.30. The maximum absolute atomic E-state index is 12.7. The monoisotopic (exact) mass is 337 g/mol. The van der Waals surface area contributed by atoms with E-state index in [0.717, 1.165) is 40.2 Å². The molecule has 2 N–H and O–H groups in total. The Morgan fingerprint density at radius 2 is 2.12 bits per heavy atom. The summed E-state index contributed by atoms with van der Waals surface area (Å²) in [7, 11) is 3.27. The van der Waals surface area contributed by atoms with Crippen LogP contribution < -0.4 is 14.8 Å². The summed E-state index contributed by atoms with van der Waals surface area (Å²) >= 11 is 0. The first-order valence-electron chi connectivity index (χ1n) is 8.16. The third-order valence-electron chi connectivity index (χ3n) is 4.67. The molecule has 0 aliphatic heterocycles. The summed E-state index contributed by atoms with van der Waals surface area (Å²) in [5.41, 5.74) is 3.42. The SMILES string of the molecule is COc1ccc(OC)c([C@H]2C[C@H]2C(=O)Nc2cccc3[nH]cnc23)c1. The molecular formula is C19H19N3O3. The normalized spacial score (nSPS) is 18.8. The molecule has 1 aliphatic rings. The van der Waals surface area contributed by atoms with Crippen molar-refractivity contribution in [1.82, 2.24) is 9.97 Å². The van der Waals surface area contributed by atoms with Crippen molar-refractivity contribution in [2.24, 2.45) is 5.92 Å². The van der Waals surface area contributed by atoms with E-state index < -0.39 is 0 Å². The van der Waals surface area contributed by atoms with E-state index in [-0.39, 0.29) is 17.7 Å². The second kappa shape index (κ2) is 6.12. The Kier molecular flexibility index (Phi) is 3.80. The van der Waals surface area contributed by atoms with E-state index in [1.54, 1.807) is 20.5 Å². The predicted molar refractivity (Wildman–Crippen MR) is 95.1 cm³/mol. The largest absolute Gasteiger partial charge is 0.497 e. The minimum atomic E-state index is -0.0739. The van der Waals surface area contributed by atoms with Crippen molar-refractivity contribution >= 4 is 22.6 Å². The number of amides is 1. The van der Waals surface area contributed by atoms with Crippen LogP contribution in [0.5, 0.6) is 11.5 Å².